The van der Waals surface area contributed by atoms with Gasteiger partial charge in [-0.2, -0.15) is 0 Å². The summed E-state index contributed by atoms with van der Waals surface area (Å²) >= 11 is 6.09. The lowest BCUT2D eigenvalue weighted by atomic mass is 9.64. The zero-order valence-electron chi connectivity index (χ0n) is 15.9. The molecular weight excluding hydrogens is 354 g/mol. The van der Waals surface area contributed by atoms with Gasteiger partial charge >= 0.3 is 0 Å². The van der Waals surface area contributed by atoms with Gasteiger partial charge in [-0.15, -0.1) is 0 Å². The number of piperidine rings is 1. The van der Waals surface area contributed by atoms with Crippen molar-refractivity contribution < 1.29 is 4.79 Å². The summed E-state index contributed by atoms with van der Waals surface area (Å²) in [5, 5.41) is 0.811. The van der Waals surface area contributed by atoms with Gasteiger partial charge in [-0.05, 0) is 55.8 Å². The quantitative estimate of drug-likeness (QED) is 0.594. The minimum atomic E-state index is 0.288. The van der Waals surface area contributed by atoms with Crippen LogP contribution in [0.1, 0.15) is 54.4 Å². The molecule has 2 fully saturated rings. The number of carbonyl (C=O) groups excluding carboxylic acids is 1. The molecule has 4 rings (SSSR count). The maximum Gasteiger partial charge on any atom is 0.163 e. The van der Waals surface area contributed by atoms with Gasteiger partial charge in [0, 0.05) is 35.5 Å². The molecule has 0 amide bonds. The van der Waals surface area contributed by atoms with Crippen molar-refractivity contribution in [2.24, 2.45) is 5.92 Å². The van der Waals surface area contributed by atoms with Crippen molar-refractivity contribution in [1.82, 2.24) is 4.90 Å². The predicted molar refractivity (Wildman–Crippen MR) is 112 cm³/mol. The van der Waals surface area contributed by atoms with Crippen molar-refractivity contribution in [1.29, 1.82) is 0 Å². The van der Waals surface area contributed by atoms with E-state index in [-0.39, 0.29) is 5.41 Å². The second kappa shape index (κ2) is 8.16. The normalized spacial score (nSPS) is 22.2. The Balaban J connectivity index is 1.39. The molecule has 0 spiro atoms. The Morgan fingerprint density at radius 2 is 1.78 bits per heavy atom. The van der Waals surface area contributed by atoms with Gasteiger partial charge in [-0.25, -0.2) is 0 Å². The van der Waals surface area contributed by atoms with E-state index in [1.807, 2.05) is 42.5 Å². The van der Waals surface area contributed by atoms with Gasteiger partial charge in [0.05, 0.1) is 0 Å². The smallest absolute Gasteiger partial charge is 0.163 e. The summed E-state index contributed by atoms with van der Waals surface area (Å²) < 4.78 is 0. The van der Waals surface area contributed by atoms with Gasteiger partial charge in [-0.1, -0.05) is 60.5 Å². The van der Waals surface area contributed by atoms with Gasteiger partial charge in [0.2, 0.25) is 0 Å². The molecular formula is C24H28ClNO. The third-order valence-electron chi connectivity index (χ3n) is 6.47. The Hall–Kier alpha value is -1.64. The van der Waals surface area contributed by atoms with Crippen LogP contribution in [0.2, 0.25) is 5.02 Å². The molecule has 0 aromatic heterocycles. The highest BCUT2D eigenvalue weighted by molar-refractivity contribution is 6.30. The van der Waals surface area contributed by atoms with Crippen LogP contribution in [-0.4, -0.2) is 30.3 Å². The van der Waals surface area contributed by atoms with Crippen LogP contribution >= 0.6 is 11.6 Å². The molecule has 1 aliphatic carbocycles. The molecule has 1 unspecified atom stereocenters. The van der Waals surface area contributed by atoms with Crippen LogP contribution in [-0.2, 0) is 5.41 Å². The number of nitrogens with zero attached hydrogens (tertiary/aromatic N) is 1. The molecule has 0 bridgehead atoms. The van der Waals surface area contributed by atoms with Gasteiger partial charge in [-0.3, -0.25) is 4.79 Å². The summed E-state index contributed by atoms with van der Waals surface area (Å²) in [6.45, 7) is 3.32. The molecule has 0 N–H and O–H groups in total. The topological polar surface area (TPSA) is 20.3 Å². The lowest BCUT2D eigenvalue weighted by Gasteiger charge is -2.47. The van der Waals surface area contributed by atoms with Gasteiger partial charge in [0.1, 0.15) is 0 Å². The highest BCUT2D eigenvalue weighted by Crippen LogP contribution is 2.45. The van der Waals surface area contributed by atoms with E-state index in [4.69, 9.17) is 11.6 Å². The third-order valence-corrected chi connectivity index (χ3v) is 6.72. The Kier molecular flexibility index (Phi) is 5.66. The fourth-order valence-electron chi connectivity index (χ4n) is 4.84. The number of hydrogen-bond acceptors (Lipinski definition) is 2. The Labute approximate surface area is 167 Å². The lowest BCUT2D eigenvalue weighted by molar-refractivity contribution is 0.0822. The first-order valence-corrected chi connectivity index (χ1v) is 10.6. The van der Waals surface area contributed by atoms with Crippen molar-refractivity contribution in [3.8, 4) is 0 Å². The van der Waals surface area contributed by atoms with E-state index in [0.717, 1.165) is 30.2 Å². The molecule has 1 saturated carbocycles. The number of halogens is 1. The number of carbonyl (C=O) groups is 1. The van der Waals surface area contributed by atoms with E-state index in [0.29, 0.717) is 18.1 Å². The zero-order chi connectivity index (χ0) is 18.7. The van der Waals surface area contributed by atoms with E-state index in [2.05, 4.69) is 17.0 Å². The molecule has 0 radical (unpaired) electrons. The van der Waals surface area contributed by atoms with Crippen molar-refractivity contribution in [3.05, 3.63) is 70.7 Å². The second-order valence-electron chi connectivity index (χ2n) is 8.38. The molecule has 2 nitrogen and oxygen atoms in total. The van der Waals surface area contributed by atoms with E-state index >= 15 is 0 Å². The van der Waals surface area contributed by atoms with Crippen LogP contribution in [0.4, 0.5) is 0 Å². The Morgan fingerprint density at radius 3 is 2.44 bits per heavy atom. The maximum atomic E-state index is 12.6. The van der Waals surface area contributed by atoms with E-state index in [9.17, 15) is 4.79 Å². The van der Waals surface area contributed by atoms with E-state index in [1.165, 1.54) is 37.7 Å². The van der Waals surface area contributed by atoms with Crippen molar-refractivity contribution >= 4 is 17.4 Å². The predicted octanol–water partition coefficient (Wildman–Crippen LogP) is 5.75. The number of Topliss-reactive ketones (excluding diaryl/α,β-unsaturated/α-hetero) is 1. The number of rotatable bonds is 6. The first-order valence-electron chi connectivity index (χ1n) is 10.2. The highest BCUT2D eigenvalue weighted by Gasteiger charge is 2.40. The molecule has 3 heteroatoms. The molecule has 142 valence electrons. The lowest BCUT2D eigenvalue weighted by Crippen LogP contribution is -2.48. The first-order chi connectivity index (χ1) is 13.1. The molecule has 1 atom stereocenters. The van der Waals surface area contributed by atoms with Crippen LogP contribution in [0.15, 0.2) is 54.6 Å². The monoisotopic (exact) mass is 381 g/mol. The summed E-state index contributed by atoms with van der Waals surface area (Å²) in [5.41, 5.74) is 2.57. The summed E-state index contributed by atoms with van der Waals surface area (Å²) in [4.78, 5) is 15.2. The van der Waals surface area contributed by atoms with E-state index < -0.39 is 0 Å². The standard InChI is InChI=1S/C24H28ClNO/c25-22-11-9-21(10-12-22)24(13-5-14-24)18-26-15-4-6-19(17-26)16-23(27)20-7-2-1-3-8-20/h1-3,7-12,19H,4-6,13-18H2. The van der Waals surface area contributed by atoms with Crippen molar-refractivity contribution in [2.45, 2.75) is 43.9 Å². The average molecular weight is 382 g/mol. The van der Waals surface area contributed by atoms with Crippen LogP contribution in [0.3, 0.4) is 0 Å². The van der Waals surface area contributed by atoms with Crippen LogP contribution < -0.4 is 0 Å². The summed E-state index contributed by atoms with van der Waals surface area (Å²) in [6, 6.07) is 18.2. The first kappa shape index (κ1) is 18.7. The number of hydrogen-bond donors (Lipinski definition) is 0. The van der Waals surface area contributed by atoms with Crippen LogP contribution in [0, 0.1) is 5.92 Å². The summed E-state index contributed by atoms with van der Waals surface area (Å²) in [5.74, 6) is 0.771. The molecule has 27 heavy (non-hydrogen) atoms. The van der Waals surface area contributed by atoms with Gasteiger partial charge in [0.15, 0.2) is 5.78 Å². The highest BCUT2D eigenvalue weighted by atomic mass is 35.5. The number of ketones is 1. The Bertz CT molecular complexity index is 767. The molecule has 2 aliphatic rings. The SMILES string of the molecule is O=C(CC1CCCN(CC2(c3ccc(Cl)cc3)CCC2)C1)c1ccccc1. The minimum absolute atomic E-state index is 0.288. The van der Waals surface area contributed by atoms with Crippen LogP contribution in [0.25, 0.3) is 0 Å². The molecule has 1 saturated heterocycles. The van der Waals surface area contributed by atoms with Crippen LogP contribution in [0.5, 0.6) is 0 Å². The summed E-state index contributed by atoms with van der Waals surface area (Å²) in [6.07, 6.45) is 6.88. The largest absolute Gasteiger partial charge is 0.302 e. The van der Waals surface area contributed by atoms with Gasteiger partial charge in [0.25, 0.3) is 0 Å². The summed E-state index contributed by atoms with van der Waals surface area (Å²) in [7, 11) is 0. The second-order valence-corrected chi connectivity index (χ2v) is 8.81. The van der Waals surface area contributed by atoms with Crippen molar-refractivity contribution in [3.63, 3.8) is 0 Å². The van der Waals surface area contributed by atoms with Gasteiger partial charge < -0.3 is 4.90 Å². The molecule has 2 aromatic rings. The Morgan fingerprint density at radius 1 is 1.04 bits per heavy atom. The number of benzene rings is 2. The third kappa shape index (κ3) is 4.28. The number of likely N-dealkylation sites (tertiary alicyclic amines) is 1. The molecule has 1 aliphatic heterocycles. The zero-order valence-corrected chi connectivity index (χ0v) is 16.6. The van der Waals surface area contributed by atoms with Crippen molar-refractivity contribution in [2.75, 3.05) is 19.6 Å². The maximum absolute atomic E-state index is 12.6. The minimum Gasteiger partial charge on any atom is -0.302 e. The molecule has 1 heterocycles. The fraction of sp³-hybridized carbons (Fsp3) is 0.458. The molecule has 2 aromatic carbocycles. The fourth-order valence-corrected chi connectivity index (χ4v) is 4.96. The average Bonchev–Trinajstić information content (AvgIpc) is 2.66. The van der Waals surface area contributed by atoms with E-state index in [1.54, 1.807) is 0 Å².